The number of alkyl halides is 6. The van der Waals surface area contributed by atoms with E-state index in [0.29, 0.717) is 44.9 Å². The molecule has 236 valence electrons. The van der Waals surface area contributed by atoms with Crippen molar-refractivity contribution in [2.75, 3.05) is 59.0 Å². The van der Waals surface area contributed by atoms with Crippen molar-refractivity contribution in [3.05, 3.63) is 69.8 Å². The molecule has 2 aromatic carbocycles. The molecule has 0 aliphatic carbocycles. The number of hydrogen-bond donors (Lipinski definition) is 0. The van der Waals surface area contributed by atoms with Gasteiger partial charge in [-0.1, -0.05) is 18.2 Å². The number of benzene rings is 2. The summed E-state index contributed by atoms with van der Waals surface area (Å²) in [4.78, 5) is 19.6. The fraction of sp³-hybridized carbons (Fsp3) is 0.552. The zero-order chi connectivity index (χ0) is 29.1. The van der Waals surface area contributed by atoms with Crippen molar-refractivity contribution < 1.29 is 35.9 Å². The van der Waals surface area contributed by atoms with Gasteiger partial charge in [0.2, 0.25) is 0 Å². The molecule has 2 heterocycles. The molecule has 1 amide bonds. The SMILES string of the molecule is Cc1ccc(C[C@@H]2CN(CCCN3CCOCC3)CCN2C(=O)c2cc(C(F)(F)F)cc(C(F)(F)F)c2)cc1C.Cl.Cl. The smallest absolute Gasteiger partial charge is 0.379 e. The summed E-state index contributed by atoms with van der Waals surface area (Å²) in [7, 11) is 0. The molecule has 0 unspecified atom stereocenters. The lowest BCUT2D eigenvalue weighted by atomic mass is 9.97. The second-order valence-electron chi connectivity index (χ2n) is 10.7. The quantitative estimate of drug-likeness (QED) is 0.333. The normalized spacial score (nSPS) is 18.8. The van der Waals surface area contributed by atoms with Crippen LogP contribution < -0.4 is 0 Å². The zero-order valence-corrected chi connectivity index (χ0v) is 25.2. The maximum Gasteiger partial charge on any atom is 0.416 e. The van der Waals surface area contributed by atoms with Crippen LogP contribution in [0.2, 0.25) is 0 Å². The first kappa shape index (κ1) is 36.1. The molecule has 0 spiro atoms. The molecule has 0 saturated carbocycles. The Bertz CT molecular complexity index is 1160. The maximum absolute atomic E-state index is 13.6. The minimum atomic E-state index is -5.02. The van der Waals surface area contributed by atoms with Crippen molar-refractivity contribution in [1.82, 2.24) is 14.7 Å². The van der Waals surface area contributed by atoms with Gasteiger partial charge in [-0.3, -0.25) is 14.6 Å². The van der Waals surface area contributed by atoms with E-state index in [2.05, 4.69) is 9.80 Å². The highest BCUT2D eigenvalue weighted by Crippen LogP contribution is 2.37. The summed E-state index contributed by atoms with van der Waals surface area (Å²) in [6.45, 7) is 10.0. The number of nitrogens with zero attached hydrogens (tertiary/aromatic N) is 3. The van der Waals surface area contributed by atoms with Crippen LogP contribution in [-0.2, 0) is 23.5 Å². The third-order valence-electron chi connectivity index (χ3n) is 7.76. The van der Waals surface area contributed by atoms with E-state index < -0.39 is 41.0 Å². The van der Waals surface area contributed by atoms with Crippen LogP contribution in [0.1, 0.15) is 44.6 Å². The average Bonchev–Trinajstić information content (AvgIpc) is 2.90. The summed E-state index contributed by atoms with van der Waals surface area (Å²) in [5, 5.41) is 0. The van der Waals surface area contributed by atoms with Crippen molar-refractivity contribution in [1.29, 1.82) is 0 Å². The van der Waals surface area contributed by atoms with Gasteiger partial charge in [-0.05, 0) is 74.7 Å². The molecular weight excluding hydrogens is 607 g/mol. The summed E-state index contributed by atoms with van der Waals surface area (Å²) in [5.41, 5.74) is -0.444. The van der Waals surface area contributed by atoms with Gasteiger partial charge in [0.05, 0.1) is 24.3 Å². The summed E-state index contributed by atoms with van der Waals surface area (Å²) >= 11 is 0. The van der Waals surface area contributed by atoms with Gasteiger partial charge in [-0.2, -0.15) is 26.3 Å². The molecule has 5 nitrogen and oxygen atoms in total. The number of halogens is 8. The van der Waals surface area contributed by atoms with Gasteiger partial charge in [0, 0.05) is 44.3 Å². The number of morpholine rings is 1. The Hall–Kier alpha value is -2.05. The second kappa shape index (κ2) is 15.1. The maximum atomic E-state index is 13.6. The van der Waals surface area contributed by atoms with Crippen LogP contribution in [0.25, 0.3) is 0 Å². The molecule has 2 fully saturated rings. The first-order valence-corrected chi connectivity index (χ1v) is 13.5. The number of amides is 1. The van der Waals surface area contributed by atoms with E-state index in [-0.39, 0.29) is 37.4 Å². The molecule has 2 aromatic rings. The lowest BCUT2D eigenvalue weighted by molar-refractivity contribution is -0.143. The van der Waals surface area contributed by atoms with Crippen molar-refractivity contribution in [3.8, 4) is 0 Å². The highest BCUT2D eigenvalue weighted by molar-refractivity contribution is 5.95. The second-order valence-corrected chi connectivity index (χ2v) is 10.7. The van der Waals surface area contributed by atoms with Gasteiger partial charge in [0.25, 0.3) is 5.91 Å². The predicted molar refractivity (Wildman–Crippen MR) is 154 cm³/mol. The van der Waals surface area contributed by atoms with Crippen molar-refractivity contribution in [2.24, 2.45) is 0 Å². The lowest BCUT2D eigenvalue weighted by Crippen LogP contribution is -2.56. The number of carbonyl (C=O) groups excluding carboxylic acids is 1. The molecule has 0 radical (unpaired) electrons. The Labute approximate surface area is 255 Å². The molecule has 42 heavy (non-hydrogen) atoms. The summed E-state index contributed by atoms with van der Waals surface area (Å²) < 4.78 is 86.2. The number of ether oxygens (including phenoxy) is 1. The molecule has 2 saturated heterocycles. The largest absolute Gasteiger partial charge is 0.416 e. The van der Waals surface area contributed by atoms with Gasteiger partial charge in [0.1, 0.15) is 0 Å². The first-order chi connectivity index (χ1) is 18.8. The Kier molecular flexibility index (Phi) is 13.0. The highest BCUT2D eigenvalue weighted by atomic mass is 35.5. The fourth-order valence-electron chi connectivity index (χ4n) is 5.35. The summed E-state index contributed by atoms with van der Waals surface area (Å²) in [6, 6.07) is 6.64. The Balaban J connectivity index is 0.00000308. The topological polar surface area (TPSA) is 36.0 Å². The van der Waals surface area contributed by atoms with Crippen LogP contribution in [0.5, 0.6) is 0 Å². The highest BCUT2D eigenvalue weighted by Gasteiger charge is 2.39. The van der Waals surface area contributed by atoms with E-state index in [1.807, 2.05) is 32.0 Å². The van der Waals surface area contributed by atoms with E-state index in [1.165, 1.54) is 4.90 Å². The van der Waals surface area contributed by atoms with Crippen LogP contribution in [0.15, 0.2) is 36.4 Å². The molecule has 1 atom stereocenters. The van der Waals surface area contributed by atoms with Gasteiger partial charge in [0.15, 0.2) is 0 Å². The van der Waals surface area contributed by atoms with Gasteiger partial charge in [-0.15, -0.1) is 24.8 Å². The Morgan fingerprint density at radius 3 is 1.98 bits per heavy atom. The molecule has 4 rings (SSSR count). The number of rotatable bonds is 7. The molecule has 13 heteroatoms. The van der Waals surface area contributed by atoms with Crippen LogP contribution in [0, 0.1) is 13.8 Å². The van der Waals surface area contributed by atoms with E-state index in [9.17, 15) is 31.1 Å². The molecule has 0 bridgehead atoms. The molecular formula is C29H37Cl2F6N3O2. The third kappa shape index (κ3) is 9.47. The minimum absolute atomic E-state index is 0. The third-order valence-corrected chi connectivity index (χ3v) is 7.76. The fourth-order valence-corrected chi connectivity index (χ4v) is 5.35. The number of carbonyl (C=O) groups is 1. The van der Waals surface area contributed by atoms with Crippen LogP contribution >= 0.6 is 24.8 Å². The molecule has 0 aromatic heterocycles. The lowest BCUT2D eigenvalue weighted by Gasteiger charge is -2.42. The average molecular weight is 645 g/mol. The van der Waals surface area contributed by atoms with Gasteiger partial charge in [-0.25, -0.2) is 0 Å². The van der Waals surface area contributed by atoms with Crippen molar-refractivity contribution >= 4 is 30.7 Å². The number of hydrogen-bond acceptors (Lipinski definition) is 4. The van der Waals surface area contributed by atoms with E-state index in [0.717, 1.165) is 49.3 Å². The number of aryl methyl sites for hydroxylation is 2. The summed E-state index contributed by atoms with van der Waals surface area (Å²) in [6.07, 6.45) is -8.69. The first-order valence-electron chi connectivity index (χ1n) is 13.5. The van der Waals surface area contributed by atoms with Crippen LogP contribution in [0.3, 0.4) is 0 Å². The zero-order valence-electron chi connectivity index (χ0n) is 23.6. The monoisotopic (exact) mass is 643 g/mol. The van der Waals surface area contributed by atoms with Crippen LogP contribution in [-0.4, -0.2) is 85.7 Å². The standard InChI is InChI=1S/C29H35F6N3O2.2ClH/c1-20-4-5-22(14-21(20)2)15-26-19-37(7-3-6-36-10-12-40-13-11-36)8-9-38(26)27(39)23-16-24(28(30,31)32)18-25(17-23)29(33,34)35;;/h4-5,14,16-18,26H,3,6-13,15,19H2,1-2H3;2*1H/t26-;;/m1../s1. The minimum Gasteiger partial charge on any atom is -0.379 e. The Morgan fingerprint density at radius 2 is 1.40 bits per heavy atom. The number of piperazine rings is 1. The Morgan fingerprint density at radius 1 is 0.810 bits per heavy atom. The van der Waals surface area contributed by atoms with Gasteiger partial charge < -0.3 is 9.64 Å². The molecule has 2 aliphatic rings. The van der Waals surface area contributed by atoms with E-state index in [4.69, 9.17) is 4.74 Å². The predicted octanol–water partition coefficient (Wildman–Crippen LogP) is 6.28. The van der Waals surface area contributed by atoms with Crippen LogP contribution in [0.4, 0.5) is 26.3 Å². The van der Waals surface area contributed by atoms with E-state index in [1.54, 1.807) is 0 Å². The molecule has 0 N–H and O–H groups in total. The van der Waals surface area contributed by atoms with Crippen molar-refractivity contribution in [2.45, 2.75) is 45.1 Å². The van der Waals surface area contributed by atoms with Gasteiger partial charge >= 0.3 is 12.4 Å². The van der Waals surface area contributed by atoms with E-state index >= 15 is 0 Å². The van der Waals surface area contributed by atoms with Crippen molar-refractivity contribution in [3.63, 3.8) is 0 Å². The summed E-state index contributed by atoms with van der Waals surface area (Å²) in [5.74, 6) is -0.821. The molecule has 2 aliphatic heterocycles.